The average molecular weight is 235 g/mol. The van der Waals surface area contributed by atoms with Crippen LogP contribution >= 0.6 is 0 Å². The first-order valence-electron chi connectivity index (χ1n) is 5.62. The van der Waals surface area contributed by atoms with Crippen molar-refractivity contribution < 1.29 is 14.6 Å². The number of carbonyl (C=O) groups is 1. The molecule has 92 valence electrons. The maximum absolute atomic E-state index is 10.8. The van der Waals surface area contributed by atoms with Gasteiger partial charge in [0.15, 0.2) is 0 Å². The Kier molecular flexibility index (Phi) is 2.53. The molecule has 2 N–H and O–H groups in total. The van der Waals surface area contributed by atoms with Gasteiger partial charge in [-0.25, -0.2) is 4.79 Å². The number of hydrogen-bond acceptors (Lipinski definition) is 2. The molecule has 0 aliphatic carbocycles. The van der Waals surface area contributed by atoms with Crippen LogP contribution in [0, 0.1) is 13.8 Å². The summed E-state index contributed by atoms with van der Waals surface area (Å²) < 4.78 is 5.84. The van der Waals surface area contributed by atoms with Crippen LogP contribution in [0.15, 0.2) is 6.07 Å². The Morgan fingerprint density at radius 1 is 1.47 bits per heavy atom. The van der Waals surface area contributed by atoms with Crippen molar-refractivity contribution in [3.8, 4) is 5.75 Å². The van der Waals surface area contributed by atoms with Crippen molar-refractivity contribution >= 4 is 11.8 Å². The highest BCUT2D eigenvalue weighted by Crippen LogP contribution is 2.41. The molecule has 0 saturated carbocycles. The van der Waals surface area contributed by atoms with Crippen LogP contribution in [0.1, 0.15) is 30.5 Å². The fraction of sp³-hybridized carbons (Fsp3) is 0.462. The molecule has 0 unspecified atom stereocenters. The zero-order valence-corrected chi connectivity index (χ0v) is 10.5. The first-order valence-corrected chi connectivity index (χ1v) is 5.62. The fourth-order valence-corrected chi connectivity index (χ4v) is 2.36. The lowest BCUT2D eigenvalue weighted by Crippen LogP contribution is -2.24. The third kappa shape index (κ3) is 2.07. The summed E-state index contributed by atoms with van der Waals surface area (Å²) in [7, 11) is 0. The summed E-state index contributed by atoms with van der Waals surface area (Å²) in [5.74, 6) is 0.876. The van der Waals surface area contributed by atoms with Crippen molar-refractivity contribution in [2.24, 2.45) is 0 Å². The summed E-state index contributed by atoms with van der Waals surface area (Å²) in [6.45, 7) is 7.88. The van der Waals surface area contributed by atoms with E-state index in [9.17, 15) is 4.79 Å². The zero-order chi connectivity index (χ0) is 12.8. The molecule has 0 aromatic heterocycles. The number of carboxylic acid groups (broad SMARTS) is 1. The molecule has 2 rings (SSSR count). The normalized spacial score (nSPS) is 16.2. The summed E-state index contributed by atoms with van der Waals surface area (Å²) in [6.07, 6.45) is -0.225. The Labute approximate surface area is 101 Å². The van der Waals surface area contributed by atoms with E-state index >= 15 is 0 Å². The molecule has 0 radical (unpaired) electrons. The molecule has 1 heterocycles. The third-order valence-electron chi connectivity index (χ3n) is 3.09. The highest BCUT2D eigenvalue weighted by atomic mass is 16.5. The van der Waals surface area contributed by atoms with Gasteiger partial charge in [-0.1, -0.05) is 0 Å². The summed E-state index contributed by atoms with van der Waals surface area (Å²) in [5.41, 5.74) is 3.43. The van der Waals surface area contributed by atoms with Gasteiger partial charge in [0.1, 0.15) is 11.4 Å². The summed E-state index contributed by atoms with van der Waals surface area (Å²) >= 11 is 0. The number of rotatable bonds is 1. The molecule has 1 aliphatic rings. The Hall–Kier alpha value is -1.71. The molecule has 1 aromatic rings. The number of aryl methyl sites for hydroxylation is 1. The molecule has 0 saturated heterocycles. The maximum atomic E-state index is 10.8. The molecule has 1 aliphatic heterocycles. The summed E-state index contributed by atoms with van der Waals surface area (Å²) in [4.78, 5) is 10.8. The van der Waals surface area contributed by atoms with E-state index in [0.29, 0.717) is 5.69 Å². The van der Waals surface area contributed by atoms with Gasteiger partial charge in [-0.05, 0) is 44.9 Å². The first-order chi connectivity index (χ1) is 7.80. The van der Waals surface area contributed by atoms with Gasteiger partial charge >= 0.3 is 6.09 Å². The average Bonchev–Trinajstić information content (AvgIpc) is 2.47. The van der Waals surface area contributed by atoms with E-state index < -0.39 is 6.09 Å². The molecule has 1 aromatic carbocycles. The predicted molar refractivity (Wildman–Crippen MR) is 66.0 cm³/mol. The Morgan fingerprint density at radius 2 is 2.12 bits per heavy atom. The quantitative estimate of drug-likeness (QED) is 0.786. The van der Waals surface area contributed by atoms with Crippen LogP contribution in [0.25, 0.3) is 0 Å². The van der Waals surface area contributed by atoms with E-state index in [1.165, 1.54) is 0 Å². The minimum atomic E-state index is -1.03. The molecular formula is C13H17NO3. The molecular weight excluding hydrogens is 218 g/mol. The SMILES string of the molecule is Cc1cc2c(c(C)c1NC(=O)O)CC(C)(C)O2. The van der Waals surface area contributed by atoms with Crippen molar-refractivity contribution in [1.82, 2.24) is 0 Å². The molecule has 17 heavy (non-hydrogen) atoms. The Bertz CT molecular complexity index is 492. The van der Waals surface area contributed by atoms with E-state index in [1.54, 1.807) is 0 Å². The van der Waals surface area contributed by atoms with Gasteiger partial charge in [-0.2, -0.15) is 0 Å². The lowest BCUT2D eigenvalue weighted by Gasteiger charge is -2.16. The molecule has 4 nitrogen and oxygen atoms in total. The second kappa shape index (κ2) is 3.65. The summed E-state index contributed by atoms with van der Waals surface area (Å²) in [5, 5.41) is 11.3. The monoisotopic (exact) mass is 235 g/mol. The molecule has 0 spiro atoms. The number of nitrogens with one attached hydrogen (secondary N) is 1. The van der Waals surface area contributed by atoms with Crippen LogP contribution in [0.2, 0.25) is 0 Å². The fourth-order valence-electron chi connectivity index (χ4n) is 2.36. The van der Waals surface area contributed by atoms with Crippen molar-refractivity contribution in [2.45, 2.75) is 39.7 Å². The molecule has 1 amide bonds. The van der Waals surface area contributed by atoms with Crippen LogP contribution in [-0.4, -0.2) is 16.8 Å². The van der Waals surface area contributed by atoms with Crippen molar-refractivity contribution in [3.05, 3.63) is 22.8 Å². The minimum absolute atomic E-state index is 0.207. The Morgan fingerprint density at radius 3 is 2.71 bits per heavy atom. The van der Waals surface area contributed by atoms with Crippen molar-refractivity contribution in [2.75, 3.05) is 5.32 Å². The highest BCUT2D eigenvalue weighted by molar-refractivity contribution is 5.86. The van der Waals surface area contributed by atoms with E-state index in [2.05, 4.69) is 5.32 Å². The van der Waals surface area contributed by atoms with Gasteiger partial charge in [-0.3, -0.25) is 5.32 Å². The number of ether oxygens (including phenoxy) is 1. The predicted octanol–water partition coefficient (Wildman–Crippen LogP) is 3.11. The van der Waals surface area contributed by atoms with Gasteiger partial charge in [0.25, 0.3) is 0 Å². The number of anilines is 1. The molecule has 0 fully saturated rings. The lowest BCUT2D eigenvalue weighted by atomic mass is 9.95. The molecule has 4 heteroatoms. The van der Waals surface area contributed by atoms with Gasteiger partial charge < -0.3 is 9.84 Å². The number of fused-ring (bicyclic) bond motifs is 1. The van der Waals surface area contributed by atoms with Gasteiger partial charge in [0.2, 0.25) is 0 Å². The molecule has 0 atom stereocenters. The first kappa shape index (κ1) is 11.8. The summed E-state index contributed by atoms with van der Waals surface area (Å²) in [6, 6.07) is 1.91. The van der Waals surface area contributed by atoms with Gasteiger partial charge in [0.05, 0.1) is 5.69 Å². The van der Waals surface area contributed by atoms with E-state index in [4.69, 9.17) is 9.84 Å². The van der Waals surface area contributed by atoms with Gasteiger partial charge in [0, 0.05) is 12.0 Å². The third-order valence-corrected chi connectivity index (χ3v) is 3.09. The van der Waals surface area contributed by atoms with Crippen LogP contribution in [0.4, 0.5) is 10.5 Å². The van der Waals surface area contributed by atoms with Crippen LogP contribution < -0.4 is 10.1 Å². The highest BCUT2D eigenvalue weighted by Gasteiger charge is 2.32. The molecule has 0 bridgehead atoms. The largest absolute Gasteiger partial charge is 0.487 e. The Balaban J connectivity index is 2.50. The number of benzene rings is 1. The van der Waals surface area contributed by atoms with Crippen LogP contribution in [0.5, 0.6) is 5.75 Å². The zero-order valence-electron chi connectivity index (χ0n) is 10.5. The smallest absolute Gasteiger partial charge is 0.409 e. The number of hydrogen-bond donors (Lipinski definition) is 2. The second-order valence-electron chi connectivity index (χ2n) is 5.14. The van der Waals surface area contributed by atoms with Crippen molar-refractivity contribution in [3.63, 3.8) is 0 Å². The topological polar surface area (TPSA) is 58.6 Å². The number of amides is 1. The maximum Gasteiger partial charge on any atom is 0.409 e. The van der Waals surface area contributed by atoms with Crippen LogP contribution in [0.3, 0.4) is 0 Å². The van der Waals surface area contributed by atoms with E-state index in [-0.39, 0.29) is 5.60 Å². The van der Waals surface area contributed by atoms with E-state index in [0.717, 1.165) is 28.9 Å². The second-order valence-corrected chi connectivity index (χ2v) is 5.14. The van der Waals surface area contributed by atoms with Gasteiger partial charge in [-0.15, -0.1) is 0 Å². The van der Waals surface area contributed by atoms with Crippen molar-refractivity contribution in [1.29, 1.82) is 0 Å². The minimum Gasteiger partial charge on any atom is -0.487 e. The lowest BCUT2D eigenvalue weighted by molar-refractivity contribution is 0.138. The van der Waals surface area contributed by atoms with Crippen LogP contribution in [-0.2, 0) is 6.42 Å². The standard InChI is InChI=1S/C13H17NO3/c1-7-5-10-9(6-13(3,4)17-10)8(2)11(7)14-12(15)16/h5,14H,6H2,1-4H3,(H,15,16). The van der Waals surface area contributed by atoms with E-state index in [1.807, 2.05) is 33.8 Å².